The first-order valence-corrected chi connectivity index (χ1v) is 26.9. The Hall–Kier alpha value is 4.04. The Morgan fingerprint density at radius 2 is 1.14 bits per heavy atom. The summed E-state index contributed by atoms with van der Waals surface area (Å²) in [6.45, 7) is 0. The van der Waals surface area contributed by atoms with E-state index in [0.717, 1.165) is 0 Å². The summed E-state index contributed by atoms with van der Waals surface area (Å²) in [5, 5.41) is 0. The quantitative estimate of drug-likeness (QED) is 0.313. The second-order valence-electron chi connectivity index (χ2n) is 0.747. The zero-order chi connectivity index (χ0) is 5.86. The molecule has 0 fully saturated rings. The summed E-state index contributed by atoms with van der Waals surface area (Å²) in [5.41, 5.74) is 0. The van der Waals surface area contributed by atoms with E-state index in [-0.39, 0.29) is 15.9 Å². The van der Waals surface area contributed by atoms with Gasteiger partial charge in [0.1, 0.15) is 0 Å². The van der Waals surface area contributed by atoms with Crippen molar-refractivity contribution in [2.75, 3.05) is 0 Å². The van der Waals surface area contributed by atoms with Crippen LogP contribution in [0.15, 0.2) is 0 Å². The molecule has 0 aliphatic heterocycles. The third kappa shape index (κ3) is 10.0. The number of rotatable bonds is 2. The standard InChI is InChI=1S/CH2As2I4/c4-2(5)1-3(6)7/h1H2. The predicted molar refractivity (Wildman–Crippen MR) is 72.4 cm³/mol. The van der Waals surface area contributed by atoms with E-state index in [1.165, 1.54) is 0 Å². The summed E-state index contributed by atoms with van der Waals surface area (Å²) in [6.07, 6.45) is 0. The molecule has 0 unspecified atom stereocenters. The van der Waals surface area contributed by atoms with Crippen molar-refractivity contribution in [3.63, 3.8) is 0 Å². The summed E-state index contributed by atoms with van der Waals surface area (Å²) < 4.78 is 1.60. The molecule has 0 saturated heterocycles. The van der Waals surface area contributed by atoms with Gasteiger partial charge in [-0.3, -0.25) is 0 Å². The Labute approximate surface area is 97.4 Å². The summed E-state index contributed by atoms with van der Waals surface area (Å²) in [5.74, 6) is 0. The minimum absolute atomic E-state index is 0.294. The van der Waals surface area contributed by atoms with Crippen LogP contribution in [0.25, 0.3) is 0 Å². The first kappa shape index (κ1) is 11.0. The van der Waals surface area contributed by atoms with Crippen LogP contribution in [0.1, 0.15) is 0 Å². The van der Waals surface area contributed by atoms with Crippen LogP contribution >= 0.6 is 80.5 Å². The third-order valence-corrected chi connectivity index (χ3v) is 38.7. The third-order valence-electron chi connectivity index (χ3n) is 0.214. The molecule has 7 heavy (non-hydrogen) atoms. The van der Waals surface area contributed by atoms with Gasteiger partial charge in [0.05, 0.1) is 0 Å². The van der Waals surface area contributed by atoms with E-state index in [0.29, 0.717) is 0 Å². The molecule has 0 aromatic heterocycles. The van der Waals surface area contributed by atoms with Crippen molar-refractivity contribution in [2.24, 2.45) is 0 Å². The van der Waals surface area contributed by atoms with E-state index in [4.69, 9.17) is 0 Å². The van der Waals surface area contributed by atoms with Gasteiger partial charge >= 0.3 is 100 Å². The molecule has 0 spiro atoms. The second kappa shape index (κ2) is 6.73. The molecule has 44 valence electrons. The van der Waals surface area contributed by atoms with Crippen LogP contribution < -0.4 is 0 Å². The van der Waals surface area contributed by atoms with Gasteiger partial charge in [0.15, 0.2) is 0 Å². The molecule has 0 N–H and O–H groups in total. The Balaban J connectivity index is 2.95. The van der Waals surface area contributed by atoms with E-state index in [9.17, 15) is 0 Å². The average Bonchev–Trinajstić information content (AvgIpc) is 1.27. The van der Waals surface area contributed by atoms with Crippen molar-refractivity contribution in [1.82, 2.24) is 0 Å². The molecule has 0 aromatic carbocycles. The van der Waals surface area contributed by atoms with Crippen LogP contribution in [-0.4, -0.2) is 15.9 Å². The van der Waals surface area contributed by atoms with Crippen molar-refractivity contribution in [3.05, 3.63) is 0 Å². The molecule has 0 aliphatic rings. The van der Waals surface area contributed by atoms with Crippen molar-refractivity contribution < 1.29 is 0 Å². The minimum atomic E-state index is -0.294. The van der Waals surface area contributed by atoms with E-state index < -0.39 is 0 Å². The van der Waals surface area contributed by atoms with Crippen molar-refractivity contribution in [1.29, 1.82) is 0 Å². The fraction of sp³-hybridized carbons (Fsp3) is 1.00. The van der Waals surface area contributed by atoms with Crippen molar-refractivity contribution in [2.45, 2.75) is 4.00 Å². The van der Waals surface area contributed by atoms with Gasteiger partial charge in [0, 0.05) is 0 Å². The molecule has 0 bridgehead atoms. The summed E-state index contributed by atoms with van der Waals surface area (Å²) >= 11 is 10.5. The van der Waals surface area contributed by atoms with Crippen LogP contribution in [0.2, 0.25) is 4.00 Å². The van der Waals surface area contributed by atoms with E-state index >= 15 is 0 Å². The fourth-order valence-corrected chi connectivity index (χ4v) is 98.2. The van der Waals surface area contributed by atoms with Gasteiger partial charge in [-0.1, -0.05) is 0 Å². The monoisotopic (exact) mass is 671 g/mol. The first-order chi connectivity index (χ1) is 3.13. The molecular weight excluding hydrogens is 669 g/mol. The molecule has 6 heteroatoms. The molecule has 0 heterocycles. The molecule has 0 rings (SSSR count). The molecular formula is CH2As2I4. The van der Waals surface area contributed by atoms with Gasteiger partial charge in [-0.25, -0.2) is 0 Å². The zero-order valence-electron chi connectivity index (χ0n) is 3.11. The Morgan fingerprint density at radius 3 is 1.14 bits per heavy atom. The van der Waals surface area contributed by atoms with Crippen LogP contribution in [0.3, 0.4) is 0 Å². The van der Waals surface area contributed by atoms with Crippen molar-refractivity contribution in [3.8, 4) is 0 Å². The fourth-order valence-electron chi connectivity index (χ4n) is 0.0808. The van der Waals surface area contributed by atoms with Crippen LogP contribution in [-0.2, 0) is 0 Å². The summed E-state index contributed by atoms with van der Waals surface area (Å²) in [7, 11) is -0.588. The first-order valence-electron chi connectivity index (χ1n) is 1.31. The average molecular weight is 671 g/mol. The van der Waals surface area contributed by atoms with E-state index in [1.807, 2.05) is 0 Å². The molecule has 0 amide bonds. The Bertz CT molecular complexity index is 39.0. The normalized spacial score (nSPS) is 11.1. The van der Waals surface area contributed by atoms with Gasteiger partial charge in [-0.05, 0) is 0 Å². The number of hydrogen-bond acceptors (Lipinski definition) is 0. The van der Waals surface area contributed by atoms with E-state index in [1.54, 1.807) is 4.00 Å². The molecule has 0 atom stereocenters. The number of halogens is 4. The van der Waals surface area contributed by atoms with Crippen LogP contribution in [0.5, 0.6) is 0 Å². The predicted octanol–water partition coefficient (Wildman–Crippen LogP) is 3.24. The molecule has 0 aliphatic carbocycles. The van der Waals surface area contributed by atoms with Gasteiger partial charge in [-0.2, -0.15) is 0 Å². The van der Waals surface area contributed by atoms with Gasteiger partial charge in [0.25, 0.3) is 0 Å². The van der Waals surface area contributed by atoms with E-state index in [2.05, 4.69) is 80.5 Å². The maximum absolute atomic E-state index is 2.62. The Morgan fingerprint density at radius 1 is 0.857 bits per heavy atom. The SMILES string of the molecule is I[As](I)C[As](I)I. The molecule has 0 radical (unpaired) electrons. The topological polar surface area (TPSA) is 0 Å². The Kier molecular flexibility index (Phi) is 10.6. The van der Waals surface area contributed by atoms with Crippen molar-refractivity contribution >= 4 is 96.4 Å². The maximum atomic E-state index is 2.62. The summed E-state index contributed by atoms with van der Waals surface area (Å²) in [4.78, 5) is 0. The molecule has 0 aromatic rings. The number of hydrogen-bond donors (Lipinski definition) is 0. The van der Waals surface area contributed by atoms with Crippen LogP contribution in [0, 0.1) is 0 Å². The molecule has 0 nitrogen and oxygen atoms in total. The van der Waals surface area contributed by atoms with Crippen LogP contribution in [0.4, 0.5) is 0 Å². The van der Waals surface area contributed by atoms with Gasteiger partial charge in [0.2, 0.25) is 0 Å². The zero-order valence-corrected chi connectivity index (χ0v) is 15.5. The van der Waals surface area contributed by atoms with Gasteiger partial charge < -0.3 is 0 Å². The summed E-state index contributed by atoms with van der Waals surface area (Å²) in [6, 6.07) is 0. The second-order valence-corrected chi connectivity index (χ2v) is 50.4. The molecule has 0 saturated carbocycles. The van der Waals surface area contributed by atoms with Gasteiger partial charge in [-0.15, -0.1) is 0 Å².